The highest BCUT2D eigenvalue weighted by Crippen LogP contribution is 2.17. The summed E-state index contributed by atoms with van der Waals surface area (Å²) < 4.78 is 5.29. The zero-order valence-electron chi connectivity index (χ0n) is 14.0. The Bertz CT molecular complexity index is 917. The lowest BCUT2D eigenvalue weighted by molar-refractivity contribution is 0.0734. The van der Waals surface area contributed by atoms with Gasteiger partial charge in [-0.2, -0.15) is 0 Å². The molecule has 1 amide bonds. The molecule has 3 rings (SSSR count). The van der Waals surface area contributed by atoms with Crippen LogP contribution in [-0.4, -0.2) is 11.9 Å². The van der Waals surface area contributed by atoms with E-state index in [4.69, 9.17) is 16.3 Å². The van der Waals surface area contributed by atoms with Crippen LogP contribution in [0.4, 0.5) is 5.69 Å². The van der Waals surface area contributed by atoms with Gasteiger partial charge in [0.25, 0.3) is 5.91 Å². The number of rotatable bonds is 4. The van der Waals surface area contributed by atoms with E-state index in [0.717, 1.165) is 11.3 Å². The van der Waals surface area contributed by atoms with E-state index in [1.54, 1.807) is 48.5 Å². The number of aryl methyl sites for hydroxylation is 1. The van der Waals surface area contributed by atoms with Gasteiger partial charge in [0, 0.05) is 16.3 Å². The van der Waals surface area contributed by atoms with E-state index in [0.29, 0.717) is 21.9 Å². The maximum absolute atomic E-state index is 12.3. The molecule has 0 saturated carbocycles. The van der Waals surface area contributed by atoms with E-state index in [2.05, 4.69) is 5.32 Å². The SMILES string of the molecule is Cc1ccc(NC(=O)c2ccc(OC(=O)c3ccc(Cl)cc3)cc2)cc1. The number of nitrogens with one attached hydrogen (secondary N) is 1. The third-order valence-corrected chi connectivity index (χ3v) is 3.97. The molecule has 3 aromatic carbocycles. The number of amides is 1. The molecular formula is C21H16ClNO3. The highest BCUT2D eigenvalue weighted by atomic mass is 35.5. The highest BCUT2D eigenvalue weighted by Gasteiger charge is 2.10. The number of carbonyl (C=O) groups excluding carboxylic acids is 2. The smallest absolute Gasteiger partial charge is 0.343 e. The summed E-state index contributed by atoms with van der Waals surface area (Å²) >= 11 is 5.80. The van der Waals surface area contributed by atoms with Crippen molar-refractivity contribution in [1.29, 1.82) is 0 Å². The zero-order chi connectivity index (χ0) is 18.5. The van der Waals surface area contributed by atoms with Crippen LogP contribution in [0.5, 0.6) is 5.75 Å². The average Bonchev–Trinajstić information content (AvgIpc) is 2.64. The summed E-state index contributed by atoms with van der Waals surface area (Å²) in [4.78, 5) is 24.3. The van der Waals surface area contributed by atoms with E-state index in [-0.39, 0.29) is 5.91 Å². The van der Waals surface area contributed by atoms with Crippen molar-refractivity contribution >= 4 is 29.2 Å². The summed E-state index contributed by atoms with van der Waals surface area (Å²) in [6, 6.07) is 20.3. The first-order chi connectivity index (χ1) is 12.5. The maximum Gasteiger partial charge on any atom is 0.343 e. The Hall–Kier alpha value is -3.11. The lowest BCUT2D eigenvalue weighted by Crippen LogP contribution is -2.12. The molecule has 0 bridgehead atoms. The maximum atomic E-state index is 12.3. The molecule has 3 aromatic rings. The third kappa shape index (κ3) is 4.49. The van der Waals surface area contributed by atoms with Gasteiger partial charge in [-0.3, -0.25) is 4.79 Å². The molecule has 0 heterocycles. The summed E-state index contributed by atoms with van der Waals surface area (Å²) in [6.07, 6.45) is 0. The monoisotopic (exact) mass is 365 g/mol. The molecule has 0 aromatic heterocycles. The van der Waals surface area contributed by atoms with Crippen molar-refractivity contribution < 1.29 is 14.3 Å². The largest absolute Gasteiger partial charge is 0.423 e. The molecule has 130 valence electrons. The Labute approximate surface area is 156 Å². The van der Waals surface area contributed by atoms with Crippen molar-refractivity contribution in [2.45, 2.75) is 6.92 Å². The molecule has 0 aliphatic heterocycles. The van der Waals surface area contributed by atoms with Crippen LogP contribution in [0.3, 0.4) is 0 Å². The van der Waals surface area contributed by atoms with Gasteiger partial charge in [-0.05, 0) is 67.6 Å². The average molecular weight is 366 g/mol. The van der Waals surface area contributed by atoms with Gasteiger partial charge in [0.2, 0.25) is 0 Å². The molecule has 0 saturated heterocycles. The van der Waals surface area contributed by atoms with Gasteiger partial charge in [0.05, 0.1) is 5.56 Å². The van der Waals surface area contributed by atoms with Gasteiger partial charge in [-0.15, -0.1) is 0 Å². The van der Waals surface area contributed by atoms with E-state index >= 15 is 0 Å². The van der Waals surface area contributed by atoms with Crippen LogP contribution < -0.4 is 10.1 Å². The molecule has 0 spiro atoms. The summed E-state index contributed by atoms with van der Waals surface area (Å²) in [7, 11) is 0. The molecule has 5 heteroatoms. The molecule has 1 N–H and O–H groups in total. The molecule has 0 atom stereocenters. The van der Waals surface area contributed by atoms with Crippen molar-refractivity contribution in [3.8, 4) is 5.75 Å². The first-order valence-electron chi connectivity index (χ1n) is 7.97. The second-order valence-corrected chi connectivity index (χ2v) is 6.18. The van der Waals surface area contributed by atoms with Crippen LogP contribution in [0.1, 0.15) is 26.3 Å². The lowest BCUT2D eigenvalue weighted by atomic mass is 10.2. The van der Waals surface area contributed by atoms with Crippen LogP contribution in [0.25, 0.3) is 0 Å². The number of esters is 1. The number of benzene rings is 3. The Morgan fingerprint density at radius 3 is 2.00 bits per heavy atom. The van der Waals surface area contributed by atoms with E-state index in [1.165, 1.54) is 0 Å². The van der Waals surface area contributed by atoms with Gasteiger partial charge in [-0.1, -0.05) is 29.3 Å². The number of hydrogen-bond acceptors (Lipinski definition) is 3. The summed E-state index contributed by atoms with van der Waals surface area (Å²) in [5.41, 5.74) is 2.71. The summed E-state index contributed by atoms with van der Waals surface area (Å²) in [5, 5.41) is 3.36. The molecule has 0 aliphatic rings. The van der Waals surface area contributed by atoms with Crippen molar-refractivity contribution in [2.75, 3.05) is 5.32 Å². The number of hydrogen-bond donors (Lipinski definition) is 1. The normalized spacial score (nSPS) is 10.2. The van der Waals surface area contributed by atoms with Gasteiger partial charge in [-0.25, -0.2) is 4.79 Å². The molecule has 0 unspecified atom stereocenters. The van der Waals surface area contributed by atoms with Gasteiger partial charge in [0.1, 0.15) is 5.75 Å². The zero-order valence-corrected chi connectivity index (χ0v) is 14.8. The van der Waals surface area contributed by atoms with Crippen molar-refractivity contribution in [2.24, 2.45) is 0 Å². The fourth-order valence-corrected chi connectivity index (χ4v) is 2.39. The minimum atomic E-state index is -0.487. The van der Waals surface area contributed by atoms with Crippen molar-refractivity contribution in [3.63, 3.8) is 0 Å². The van der Waals surface area contributed by atoms with Crippen LogP contribution in [0.2, 0.25) is 5.02 Å². The number of ether oxygens (including phenoxy) is 1. The molecule has 0 radical (unpaired) electrons. The number of halogens is 1. The van der Waals surface area contributed by atoms with Crippen LogP contribution in [0.15, 0.2) is 72.8 Å². The predicted molar refractivity (Wildman–Crippen MR) is 102 cm³/mol. The first kappa shape index (κ1) is 17.7. The molecule has 0 fully saturated rings. The summed E-state index contributed by atoms with van der Waals surface area (Å²) in [5.74, 6) is -0.361. The predicted octanol–water partition coefficient (Wildman–Crippen LogP) is 5.12. The van der Waals surface area contributed by atoms with Gasteiger partial charge in [0.15, 0.2) is 0 Å². The Kier molecular flexibility index (Phi) is 5.34. The Balaban J connectivity index is 1.64. The minimum absolute atomic E-state index is 0.232. The van der Waals surface area contributed by atoms with Crippen molar-refractivity contribution in [1.82, 2.24) is 0 Å². The molecule has 4 nitrogen and oxygen atoms in total. The van der Waals surface area contributed by atoms with E-state index in [1.807, 2.05) is 31.2 Å². The fraction of sp³-hybridized carbons (Fsp3) is 0.0476. The quantitative estimate of drug-likeness (QED) is 0.515. The van der Waals surface area contributed by atoms with Crippen LogP contribution in [0, 0.1) is 6.92 Å². The minimum Gasteiger partial charge on any atom is -0.423 e. The second-order valence-electron chi connectivity index (χ2n) is 5.74. The number of anilines is 1. The first-order valence-corrected chi connectivity index (χ1v) is 8.35. The van der Waals surface area contributed by atoms with E-state index < -0.39 is 5.97 Å². The van der Waals surface area contributed by atoms with E-state index in [9.17, 15) is 9.59 Å². The highest BCUT2D eigenvalue weighted by molar-refractivity contribution is 6.30. The second kappa shape index (κ2) is 7.85. The van der Waals surface area contributed by atoms with Crippen LogP contribution in [-0.2, 0) is 0 Å². The summed E-state index contributed by atoms with van der Waals surface area (Å²) in [6.45, 7) is 1.98. The van der Waals surface area contributed by atoms with Crippen molar-refractivity contribution in [3.05, 3.63) is 94.5 Å². The fourth-order valence-electron chi connectivity index (χ4n) is 2.27. The molecule has 26 heavy (non-hydrogen) atoms. The lowest BCUT2D eigenvalue weighted by Gasteiger charge is -2.07. The Morgan fingerprint density at radius 1 is 0.808 bits per heavy atom. The standard InChI is InChI=1S/C21H16ClNO3/c1-14-2-10-18(11-3-14)23-20(24)15-6-12-19(13-7-15)26-21(25)16-4-8-17(22)9-5-16/h2-13H,1H3,(H,23,24). The number of carbonyl (C=O) groups is 2. The topological polar surface area (TPSA) is 55.4 Å². The van der Waals surface area contributed by atoms with Crippen LogP contribution >= 0.6 is 11.6 Å². The van der Waals surface area contributed by atoms with Gasteiger partial charge >= 0.3 is 5.97 Å². The molecular weight excluding hydrogens is 350 g/mol. The third-order valence-electron chi connectivity index (χ3n) is 3.72. The van der Waals surface area contributed by atoms with Gasteiger partial charge < -0.3 is 10.1 Å². The Morgan fingerprint density at radius 2 is 1.38 bits per heavy atom. The molecule has 0 aliphatic carbocycles.